The highest BCUT2D eigenvalue weighted by molar-refractivity contribution is 6.04. The number of ketones is 2. The lowest BCUT2D eigenvalue weighted by molar-refractivity contribution is -0.150. The van der Waals surface area contributed by atoms with Crippen molar-refractivity contribution in [1.29, 1.82) is 5.26 Å². The maximum absolute atomic E-state index is 14.5. The molecule has 0 spiro atoms. The second kappa shape index (κ2) is 9.62. The molecule has 1 saturated heterocycles. The number of aliphatic hydroxyl groups is 1. The quantitative estimate of drug-likeness (QED) is 0.433. The van der Waals surface area contributed by atoms with Crippen LogP contribution in [-0.2, 0) is 14.4 Å². The molecule has 1 heterocycles. The zero-order valence-corrected chi connectivity index (χ0v) is 26.6. The van der Waals surface area contributed by atoms with E-state index in [9.17, 15) is 24.8 Å². The Labute approximate surface area is 252 Å². The number of hydrogen-bond acceptors (Lipinski definition) is 5. The molecular weight excluding hydrogens is 524 g/mol. The molecule has 0 aromatic heterocycles. The molecule has 3 saturated carbocycles. The summed E-state index contributed by atoms with van der Waals surface area (Å²) in [6, 6.07) is 2.19. The zero-order chi connectivity index (χ0) is 30.5. The molecule has 4 fully saturated rings. The number of rotatable bonds is 3. The zero-order valence-electron chi connectivity index (χ0n) is 26.6. The lowest BCUT2D eigenvalue weighted by atomic mass is 9.38. The Morgan fingerprint density at radius 3 is 2.43 bits per heavy atom. The SMILES string of the molecule is CC1(C)CCC2(CCC(=O)N3CCC(O)C3)CCC3C(C(=O)C=C4C5(C)C=C(C#N)C(=O)C(C)(C)C5CCC43C)C2C1. The number of nitrogens with zero attached hydrogens (tertiary/aromatic N) is 2. The van der Waals surface area contributed by atoms with Gasteiger partial charge in [0.15, 0.2) is 11.6 Å². The van der Waals surface area contributed by atoms with Crippen LogP contribution in [0, 0.1) is 62.1 Å². The largest absolute Gasteiger partial charge is 0.391 e. The number of likely N-dealkylation sites (tertiary alicyclic amines) is 1. The number of β-amino-alcohol motifs (C(OH)–C–C–N with tert-alkyl or cyclic N) is 1. The Hall–Kier alpha value is -2.26. The second-order valence-corrected chi connectivity index (χ2v) is 16.8. The summed E-state index contributed by atoms with van der Waals surface area (Å²) in [5, 5.41) is 19.9. The van der Waals surface area contributed by atoms with E-state index in [1.807, 2.05) is 30.9 Å². The molecule has 6 nitrogen and oxygen atoms in total. The fourth-order valence-corrected chi connectivity index (χ4v) is 11.3. The minimum Gasteiger partial charge on any atom is -0.391 e. The van der Waals surface area contributed by atoms with Gasteiger partial charge in [0.05, 0.1) is 11.7 Å². The normalized spacial score (nSPS) is 43.7. The third-order valence-electron chi connectivity index (χ3n) is 13.6. The van der Waals surface area contributed by atoms with E-state index in [4.69, 9.17) is 0 Å². The van der Waals surface area contributed by atoms with Crippen LogP contribution in [0.3, 0.4) is 0 Å². The number of hydrogen-bond donors (Lipinski definition) is 1. The van der Waals surface area contributed by atoms with Gasteiger partial charge in [-0.25, -0.2) is 0 Å². The Balaban J connectivity index is 1.37. The van der Waals surface area contributed by atoms with E-state index in [0.29, 0.717) is 25.9 Å². The van der Waals surface area contributed by atoms with Crippen molar-refractivity contribution in [2.45, 2.75) is 112 Å². The van der Waals surface area contributed by atoms with Crippen LogP contribution >= 0.6 is 0 Å². The fraction of sp³-hybridized carbons (Fsp3) is 0.778. The van der Waals surface area contributed by atoms with Crippen molar-refractivity contribution in [1.82, 2.24) is 4.90 Å². The first-order chi connectivity index (χ1) is 19.6. The number of allylic oxidation sites excluding steroid dienone is 4. The predicted octanol–water partition coefficient (Wildman–Crippen LogP) is 6.19. The number of amides is 1. The van der Waals surface area contributed by atoms with E-state index >= 15 is 0 Å². The fourth-order valence-electron chi connectivity index (χ4n) is 11.3. The van der Waals surface area contributed by atoms with Crippen molar-refractivity contribution in [3.63, 3.8) is 0 Å². The van der Waals surface area contributed by atoms with Crippen LogP contribution in [0.25, 0.3) is 0 Å². The Bertz CT molecular complexity index is 1320. The van der Waals surface area contributed by atoms with Crippen LogP contribution in [0.1, 0.15) is 106 Å². The van der Waals surface area contributed by atoms with Gasteiger partial charge in [0.25, 0.3) is 0 Å². The van der Waals surface area contributed by atoms with Gasteiger partial charge in [0.1, 0.15) is 6.07 Å². The van der Waals surface area contributed by atoms with Crippen LogP contribution in [0.5, 0.6) is 0 Å². The molecule has 8 unspecified atom stereocenters. The molecule has 0 aromatic rings. The molecule has 0 bridgehead atoms. The minimum absolute atomic E-state index is 0.00369. The number of carbonyl (C=O) groups excluding carboxylic acids is 3. The summed E-state index contributed by atoms with van der Waals surface area (Å²) >= 11 is 0. The van der Waals surface area contributed by atoms with Crippen molar-refractivity contribution in [3.8, 4) is 6.07 Å². The maximum Gasteiger partial charge on any atom is 0.222 e. The second-order valence-electron chi connectivity index (χ2n) is 16.8. The number of aliphatic hydroxyl groups excluding tert-OH is 1. The Morgan fingerprint density at radius 1 is 1.02 bits per heavy atom. The first-order valence-electron chi connectivity index (χ1n) is 16.5. The highest BCUT2D eigenvalue weighted by atomic mass is 16.3. The van der Waals surface area contributed by atoms with E-state index < -0.39 is 16.9 Å². The molecule has 1 N–H and O–H groups in total. The average Bonchev–Trinajstić information content (AvgIpc) is 3.36. The first kappa shape index (κ1) is 29.8. The molecule has 0 radical (unpaired) electrons. The molecule has 5 aliphatic carbocycles. The van der Waals surface area contributed by atoms with Gasteiger partial charge in [-0.05, 0) is 97.9 Å². The van der Waals surface area contributed by atoms with E-state index in [1.54, 1.807) is 0 Å². The van der Waals surface area contributed by atoms with E-state index in [2.05, 4.69) is 33.8 Å². The lowest BCUT2D eigenvalue weighted by Crippen LogP contribution is -2.60. The van der Waals surface area contributed by atoms with Gasteiger partial charge in [-0.2, -0.15) is 5.26 Å². The van der Waals surface area contributed by atoms with Crippen LogP contribution in [0.2, 0.25) is 0 Å². The van der Waals surface area contributed by atoms with Crippen LogP contribution in [0.15, 0.2) is 23.3 Å². The van der Waals surface area contributed by atoms with Crippen LogP contribution in [0.4, 0.5) is 0 Å². The Morgan fingerprint density at radius 2 is 1.76 bits per heavy atom. The van der Waals surface area contributed by atoms with Gasteiger partial charge in [0, 0.05) is 36.3 Å². The van der Waals surface area contributed by atoms with Gasteiger partial charge in [-0.15, -0.1) is 0 Å². The first-order valence-corrected chi connectivity index (χ1v) is 16.5. The summed E-state index contributed by atoms with van der Waals surface area (Å²) in [7, 11) is 0. The lowest BCUT2D eigenvalue weighted by Gasteiger charge is -2.65. The van der Waals surface area contributed by atoms with Crippen LogP contribution in [-0.4, -0.2) is 46.7 Å². The summed E-state index contributed by atoms with van der Waals surface area (Å²) in [4.78, 5) is 42.8. The van der Waals surface area contributed by atoms with Gasteiger partial charge in [-0.1, -0.05) is 53.2 Å². The number of nitriles is 1. The Kier molecular flexibility index (Phi) is 6.82. The summed E-state index contributed by atoms with van der Waals surface area (Å²) in [5.41, 5.74) is 0.239. The predicted molar refractivity (Wildman–Crippen MR) is 161 cm³/mol. The summed E-state index contributed by atoms with van der Waals surface area (Å²) < 4.78 is 0. The van der Waals surface area contributed by atoms with Crippen molar-refractivity contribution in [2.24, 2.45) is 50.7 Å². The van der Waals surface area contributed by atoms with Gasteiger partial charge < -0.3 is 10.0 Å². The highest BCUT2D eigenvalue weighted by Crippen LogP contribution is 2.71. The molecule has 0 aromatic carbocycles. The monoisotopic (exact) mass is 574 g/mol. The highest BCUT2D eigenvalue weighted by Gasteiger charge is 2.65. The molecule has 6 aliphatic rings. The molecule has 6 heteroatoms. The molecule has 42 heavy (non-hydrogen) atoms. The van der Waals surface area contributed by atoms with Crippen molar-refractivity contribution in [3.05, 3.63) is 23.3 Å². The van der Waals surface area contributed by atoms with Crippen LogP contribution < -0.4 is 0 Å². The van der Waals surface area contributed by atoms with Gasteiger partial charge >= 0.3 is 0 Å². The third-order valence-corrected chi connectivity index (χ3v) is 13.6. The molecule has 228 valence electrons. The van der Waals surface area contributed by atoms with Gasteiger partial charge in [0.2, 0.25) is 5.91 Å². The summed E-state index contributed by atoms with van der Waals surface area (Å²) in [6.45, 7) is 14.3. The summed E-state index contributed by atoms with van der Waals surface area (Å²) in [6.07, 6.45) is 12.6. The molecular formula is C36H50N2O4. The number of fused-ring (bicyclic) bond motifs is 7. The van der Waals surface area contributed by atoms with Gasteiger partial charge in [-0.3, -0.25) is 14.4 Å². The van der Waals surface area contributed by atoms with E-state index in [1.165, 1.54) is 0 Å². The van der Waals surface area contributed by atoms with Crippen molar-refractivity contribution in [2.75, 3.05) is 13.1 Å². The van der Waals surface area contributed by atoms with Crippen molar-refractivity contribution < 1.29 is 19.5 Å². The topological polar surface area (TPSA) is 98.5 Å². The minimum atomic E-state index is -0.649. The molecule has 1 amide bonds. The average molecular weight is 575 g/mol. The van der Waals surface area contributed by atoms with E-state index in [0.717, 1.165) is 56.9 Å². The number of Topliss-reactive ketones (excluding diaryl/α,β-unsaturated/α-hetero) is 1. The molecule has 6 rings (SSSR count). The molecule has 8 atom stereocenters. The third kappa shape index (κ3) is 4.23. The van der Waals surface area contributed by atoms with E-state index in [-0.39, 0.29) is 63.0 Å². The maximum atomic E-state index is 14.5. The molecule has 1 aliphatic heterocycles. The van der Waals surface area contributed by atoms with Crippen molar-refractivity contribution >= 4 is 17.5 Å². The number of carbonyl (C=O) groups is 3. The standard InChI is InChI=1S/C36H50N2O4/c1-32(2)14-15-36(13-9-29(41)38-16-10-23(39)21-38)12-7-24-30(25(36)19-32)26(40)17-28-34(24,5)11-8-27-33(3,4)31(42)22(20-37)18-35(27,28)6/h17-18,23-25,27,30,39H,7-16,19,21H2,1-6H3. The summed E-state index contributed by atoms with van der Waals surface area (Å²) in [5.74, 6) is 0.811. The smallest absolute Gasteiger partial charge is 0.222 e.